The Balaban J connectivity index is 2.13. The Morgan fingerprint density at radius 1 is 1.21 bits per heavy atom. The molecule has 0 radical (unpaired) electrons. The largest absolute Gasteiger partial charge is 0.398 e. The molecule has 3 N–H and O–H groups in total. The molecule has 0 heterocycles. The van der Waals surface area contributed by atoms with Gasteiger partial charge in [-0.1, -0.05) is 30.7 Å². The summed E-state index contributed by atoms with van der Waals surface area (Å²) in [5.41, 5.74) is 8.55. The number of rotatable bonds is 3. The smallest absolute Gasteiger partial charge is 0.255 e. The lowest BCUT2D eigenvalue weighted by Crippen LogP contribution is -2.12. The van der Waals surface area contributed by atoms with Crippen LogP contribution in [-0.2, 0) is 6.42 Å². The summed E-state index contributed by atoms with van der Waals surface area (Å²) >= 11 is 5.82. The molecule has 2 aromatic rings. The monoisotopic (exact) mass is 274 g/mol. The maximum atomic E-state index is 12.0. The predicted molar refractivity (Wildman–Crippen MR) is 79.6 cm³/mol. The van der Waals surface area contributed by atoms with Gasteiger partial charge in [0, 0.05) is 11.3 Å². The number of benzene rings is 2. The van der Waals surface area contributed by atoms with Crippen molar-refractivity contribution in [1.29, 1.82) is 0 Å². The Morgan fingerprint density at radius 3 is 2.47 bits per heavy atom. The lowest BCUT2D eigenvalue weighted by atomic mass is 10.1. The highest BCUT2D eigenvalue weighted by Crippen LogP contribution is 2.20. The molecule has 0 saturated heterocycles. The van der Waals surface area contributed by atoms with Crippen molar-refractivity contribution in [3.8, 4) is 0 Å². The second-order valence-corrected chi connectivity index (χ2v) is 4.65. The molecule has 0 fully saturated rings. The number of halogens is 1. The third-order valence-corrected chi connectivity index (χ3v) is 3.22. The normalized spacial score (nSPS) is 10.2. The van der Waals surface area contributed by atoms with Crippen LogP contribution < -0.4 is 11.1 Å². The molecular weight excluding hydrogens is 260 g/mol. The van der Waals surface area contributed by atoms with Gasteiger partial charge in [-0.2, -0.15) is 0 Å². The summed E-state index contributed by atoms with van der Waals surface area (Å²) in [4.78, 5) is 12.0. The van der Waals surface area contributed by atoms with Gasteiger partial charge in [-0.25, -0.2) is 0 Å². The van der Waals surface area contributed by atoms with E-state index >= 15 is 0 Å². The number of nitrogen functional groups attached to an aromatic ring is 1. The first-order chi connectivity index (χ1) is 9.10. The molecule has 4 heteroatoms. The van der Waals surface area contributed by atoms with Crippen molar-refractivity contribution in [1.82, 2.24) is 0 Å². The average molecular weight is 275 g/mol. The van der Waals surface area contributed by atoms with Crippen molar-refractivity contribution in [3.63, 3.8) is 0 Å². The molecule has 0 spiro atoms. The third-order valence-electron chi connectivity index (χ3n) is 2.88. The minimum Gasteiger partial charge on any atom is -0.398 e. The molecule has 0 aliphatic rings. The predicted octanol–water partition coefficient (Wildman–Crippen LogP) is 3.74. The Morgan fingerprint density at radius 2 is 1.89 bits per heavy atom. The maximum Gasteiger partial charge on any atom is 0.255 e. The molecule has 98 valence electrons. The lowest BCUT2D eigenvalue weighted by molar-refractivity contribution is 0.102. The Hall–Kier alpha value is -2.00. The fraction of sp³-hybridized carbons (Fsp3) is 0.133. The van der Waals surface area contributed by atoms with E-state index in [1.165, 1.54) is 5.56 Å². The van der Waals surface area contributed by atoms with Crippen LogP contribution in [0.3, 0.4) is 0 Å². The highest BCUT2D eigenvalue weighted by molar-refractivity contribution is 6.33. The highest BCUT2D eigenvalue weighted by Gasteiger charge is 2.07. The van der Waals surface area contributed by atoms with E-state index in [0.29, 0.717) is 16.3 Å². The number of amides is 1. The average Bonchev–Trinajstić information content (AvgIpc) is 2.42. The number of nitrogens with one attached hydrogen (secondary N) is 1. The van der Waals surface area contributed by atoms with Gasteiger partial charge < -0.3 is 11.1 Å². The number of carbonyl (C=O) groups excluding carboxylic acids is 1. The van der Waals surface area contributed by atoms with Gasteiger partial charge in [-0.3, -0.25) is 4.79 Å². The summed E-state index contributed by atoms with van der Waals surface area (Å²) in [5, 5.41) is 3.27. The van der Waals surface area contributed by atoms with Gasteiger partial charge in [0.05, 0.1) is 10.7 Å². The van der Waals surface area contributed by atoms with Crippen molar-refractivity contribution in [2.24, 2.45) is 0 Å². The fourth-order valence-electron chi connectivity index (χ4n) is 1.71. The van der Waals surface area contributed by atoms with E-state index in [1.807, 2.05) is 24.3 Å². The van der Waals surface area contributed by atoms with E-state index in [2.05, 4.69) is 12.2 Å². The number of anilines is 2. The van der Waals surface area contributed by atoms with Crippen molar-refractivity contribution in [2.45, 2.75) is 13.3 Å². The van der Waals surface area contributed by atoms with E-state index < -0.39 is 0 Å². The van der Waals surface area contributed by atoms with Crippen LogP contribution in [0.15, 0.2) is 42.5 Å². The topological polar surface area (TPSA) is 55.1 Å². The Labute approximate surface area is 117 Å². The van der Waals surface area contributed by atoms with Gasteiger partial charge in [0.1, 0.15) is 0 Å². The number of carbonyl (C=O) groups is 1. The molecule has 3 nitrogen and oxygen atoms in total. The van der Waals surface area contributed by atoms with E-state index in [9.17, 15) is 4.79 Å². The van der Waals surface area contributed by atoms with Crippen LogP contribution in [-0.4, -0.2) is 5.91 Å². The molecule has 0 saturated carbocycles. The maximum absolute atomic E-state index is 12.0. The van der Waals surface area contributed by atoms with Crippen LogP contribution in [0.1, 0.15) is 22.8 Å². The van der Waals surface area contributed by atoms with Gasteiger partial charge in [0.2, 0.25) is 0 Å². The van der Waals surface area contributed by atoms with Crippen molar-refractivity contribution in [2.75, 3.05) is 11.1 Å². The number of hydrogen-bond donors (Lipinski definition) is 2. The lowest BCUT2D eigenvalue weighted by Gasteiger charge is -2.07. The molecule has 0 unspecified atom stereocenters. The molecule has 19 heavy (non-hydrogen) atoms. The number of nitrogens with two attached hydrogens (primary N) is 1. The van der Waals surface area contributed by atoms with Gasteiger partial charge in [-0.05, 0) is 42.3 Å². The zero-order chi connectivity index (χ0) is 13.8. The second-order valence-electron chi connectivity index (χ2n) is 4.24. The van der Waals surface area contributed by atoms with Crippen LogP contribution in [0, 0.1) is 0 Å². The van der Waals surface area contributed by atoms with Crippen molar-refractivity contribution < 1.29 is 4.79 Å². The SMILES string of the molecule is CCc1ccc(NC(=O)c2ccc(Cl)c(N)c2)cc1. The zero-order valence-electron chi connectivity index (χ0n) is 10.6. The summed E-state index contributed by atoms with van der Waals surface area (Å²) in [6.45, 7) is 2.09. The first kappa shape index (κ1) is 13.4. The number of aryl methyl sites for hydroxylation is 1. The molecule has 0 atom stereocenters. The zero-order valence-corrected chi connectivity index (χ0v) is 11.4. The summed E-state index contributed by atoms with van der Waals surface area (Å²) in [6, 6.07) is 12.6. The van der Waals surface area contributed by atoms with E-state index in [1.54, 1.807) is 18.2 Å². The summed E-state index contributed by atoms with van der Waals surface area (Å²) < 4.78 is 0. The molecule has 2 rings (SSSR count). The molecule has 2 aromatic carbocycles. The number of hydrogen-bond acceptors (Lipinski definition) is 2. The van der Waals surface area contributed by atoms with Crippen LogP contribution in [0.2, 0.25) is 5.02 Å². The third kappa shape index (κ3) is 3.26. The summed E-state index contributed by atoms with van der Waals surface area (Å²) in [6.07, 6.45) is 0.974. The molecule has 0 aliphatic heterocycles. The Bertz CT molecular complexity index is 594. The van der Waals surface area contributed by atoms with Gasteiger partial charge in [0.15, 0.2) is 0 Å². The Kier molecular flexibility index (Phi) is 4.07. The van der Waals surface area contributed by atoms with Crippen molar-refractivity contribution in [3.05, 3.63) is 58.6 Å². The van der Waals surface area contributed by atoms with E-state index in [0.717, 1.165) is 12.1 Å². The molecular formula is C15H15ClN2O. The van der Waals surface area contributed by atoms with Crippen molar-refractivity contribution >= 4 is 28.9 Å². The minimum atomic E-state index is -0.201. The van der Waals surface area contributed by atoms with E-state index in [4.69, 9.17) is 17.3 Å². The summed E-state index contributed by atoms with van der Waals surface area (Å²) in [7, 11) is 0. The molecule has 0 aliphatic carbocycles. The molecule has 0 aromatic heterocycles. The van der Waals surface area contributed by atoms with Crippen LogP contribution in [0.25, 0.3) is 0 Å². The fourth-order valence-corrected chi connectivity index (χ4v) is 1.83. The molecule has 0 bridgehead atoms. The van der Waals surface area contributed by atoms with Crippen LogP contribution >= 0.6 is 11.6 Å². The van der Waals surface area contributed by atoms with Gasteiger partial charge >= 0.3 is 0 Å². The molecule has 1 amide bonds. The van der Waals surface area contributed by atoms with Crippen LogP contribution in [0.4, 0.5) is 11.4 Å². The quantitative estimate of drug-likeness (QED) is 0.838. The minimum absolute atomic E-state index is 0.201. The van der Waals surface area contributed by atoms with Gasteiger partial charge in [-0.15, -0.1) is 0 Å². The standard InChI is InChI=1S/C15H15ClN2O/c1-2-10-3-6-12(7-4-10)18-15(19)11-5-8-13(16)14(17)9-11/h3-9H,2,17H2,1H3,(H,18,19). The first-order valence-corrected chi connectivity index (χ1v) is 6.43. The highest BCUT2D eigenvalue weighted by atomic mass is 35.5. The first-order valence-electron chi connectivity index (χ1n) is 6.05. The van der Waals surface area contributed by atoms with E-state index in [-0.39, 0.29) is 5.91 Å². The summed E-state index contributed by atoms with van der Waals surface area (Å²) in [5.74, 6) is -0.201. The van der Waals surface area contributed by atoms with Gasteiger partial charge in [0.25, 0.3) is 5.91 Å². The van der Waals surface area contributed by atoms with Crippen LogP contribution in [0.5, 0.6) is 0 Å². The second kappa shape index (κ2) is 5.76.